The van der Waals surface area contributed by atoms with Crippen molar-refractivity contribution in [3.8, 4) is 0 Å². The maximum absolute atomic E-state index is 13.8. The van der Waals surface area contributed by atoms with E-state index in [1.54, 1.807) is 20.8 Å². The van der Waals surface area contributed by atoms with Crippen LogP contribution in [-0.2, 0) is 38.1 Å². The average Bonchev–Trinajstić information content (AvgIpc) is 3.58. The Morgan fingerprint density at radius 1 is 1.08 bits per heavy atom. The molecule has 0 heterocycles. The fraction of sp³-hybridized carbons (Fsp3) is 0.757. The van der Waals surface area contributed by atoms with Crippen molar-refractivity contribution in [3.05, 3.63) is 23.3 Å². The fourth-order valence-corrected chi connectivity index (χ4v) is 10.5. The van der Waals surface area contributed by atoms with Crippen LogP contribution in [0.2, 0.25) is 0 Å². The molecule has 0 spiro atoms. The van der Waals surface area contributed by atoms with E-state index in [4.69, 9.17) is 24.1 Å². The Balaban J connectivity index is 1.84. The third-order valence-electron chi connectivity index (χ3n) is 12.5. The maximum Gasteiger partial charge on any atom is 0.516 e. The van der Waals surface area contributed by atoms with Gasteiger partial charge in [-0.15, -0.1) is 9.24 Å². The highest BCUT2D eigenvalue weighted by atomic mass is 31.0. The van der Waals surface area contributed by atoms with Crippen LogP contribution in [-0.4, -0.2) is 98.4 Å². The molecule has 2 fully saturated rings. The second kappa shape index (κ2) is 16.5. The van der Waals surface area contributed by atoms with Gasteiger partial charge in [0.25, 0.3) is 0 Å². The molecule has 292 valence electrons. The summed E-state index contributed by atoms with van der Waals surface area (Å²) >= 11 is 0. The zero-order valence-corrected chi connectivity index (χ0v) is 33.7. The fourth-order valence-electron chi connectivity index (χ4n) is 9.62. The first-order valence-corrected chi connectivity index (χ1v) is 19.5. The molecule has 0 radical (unpaired) electrons. The number of fused-ring (bicyclic) bond motifs is 3. The van der Waals surface area contributed by atoms with Gasteiger partial charge >= 0.3 is 29.6 Å². The van der Waals surface area contributed by atoms with Gasteiger partial charge in [-0.3, -0.25) is 9.59 Å². The minimum atomic E-state index is -1.95. The molecule has 0 aliphatic heterocycles. The first-order valence-electron chi connectivity index (χ1n) is 18.2. The molecule has 15 heteroatoms. The maximum atomic E-state index is 13.8. The van der Waals surface area contributed by atoms with Gasteiger partial charge in [-0.1, -0.05) is 32.9 Å². The summed E-state index contributed by atoms with van der Waals surface area (Å²) in [5.74, 6) is -4.94. The van der Waals surface area contributed by atoms with E-state index in [1.165, 1.54) is 13.8 Å². The quantitative estimate of drug-likeness (QED) is 0.0654. The molecule has 4 rings (SSSR count). The van der Waals surface area contributed by atoms with E-state index in [-0.39, 0.29) is 31.3 Å². The van der Waals surface area contributed by atoms with E-state index in [0.717, 1.165) is 9.24 Å². The number of hydrogen-bond donors (Lipinski definition) is 3. The smallest absolute Gasteiger partial charge is 0.516 e. The van der Waals surface area contributed by atoms with Gasteiger partial charge in [0.05, 0.1) is 22.0 Å². The average molecular weight is 773 g/mol. The summed E-state index contributed by atoms with van der Waals surface area (Å²) in [6, 6.07) is 0. The van der Waals surface area contributed by atoms with Crippen LogP contribution in [0.4, 0.5) is 4.79 Å². The molecule has 4 aliphatic rings. The number of aliphatic hydroxyl groups excluding tert-OH is 2. The van der Waals surface area contributed by atoms with Gasteiger partial charge in [-0.25, -0.2) is 9.59 Å². The molecule has 0 amide bonds. The van der Waals surface area contributed by atoms with Crippen molar-refractivity contribution in [2.24, 2.45) is 34.5 Å². The Labute approximate surface area is 310 Å². The lowest BCUT2D eigenvalue weighted by molar-refractivity contribution is -0.228. The number of carbonyl (C=O) groups is 5. The number of carbonyl (C=O) groups excluding carboxylic acids is 5. The Hall–Kier alpha value is -2.43. The third kappa shape index (κ3) is 8.29. The number of ether oxygens (including phenoxy) is 4. The van der Waals surface area contributed by atoms with Gasteiger partial charge in [0.15, 0.2) is 6.10 Å². The molecule has 0 saturated heterocycles. The van der Waals surface area contributed by atoms with Gasteiger partial charge in [-0.05, 0) is 68.4 Å². The van der Waals surface area contributed by atoms with E-state index in [2.05, 4.69) is 9.24 Å². The number of rotatable bonds is 12. The highest BCUT2D eigenvalue weighted by molar-refractivity contribution is 7.39. The van der Waals surface area contributed by atoms with Crippen molar-refractivity contribution in [1.29, 1.82) is 0 Å². The zero-order valence-electron chi connectivity index (χ0n) is 31.1. The monoisotopic (exact) mass is 772 g/mol. The highest BCUT2D eigenvalue weighted by Crippen LogP contribution is 2.63. The molecule has 13 nitrogen and oxygen atoms in total. The summed E-state index contributed by atoms with van der Waals surface area (Å²) in [4.78, 5) is 62.8. The van der Waals surface area contributed by atoms with E-state index in [9.17, 15) is 39.3 Å². The Bertz CT molecular complexity index is 1460. The molecule has 14 unspecified atom stereocenters. The van der Waals surface area contributed by atoms with Gasteiger partial charge < -0.3 is 39.4 Å². The van der Waals surface area contributed by atoms with E-state index < -0.39 is 94.0 Å². The second-order valence-electron chi connectivity index (χ2n) is 16.0. The molecular weight excluding hydrogens is 714 g/mol. The standard InChI is InChI=1S/C37H56O13P2/c1-18-25(49-33(44)29(43)23(16-27(41)42)22-11-7-8-12-22)17-37(46)31(50-34(45)52)24-14-21(10-9-13-47-19(2)38)15-26(40)36(24,6)32(51)30(48-20(3)39)28(18)35(37,4)5/h7,11,21-26,29-32,40,43,46H,8-10,12-17,51-52H2,1-6H3,(H,41,42)/p+2. The summed E-state index contributed by atoms with van der Waals surface area (Å²) in [5.41, 5.74) is -4.68. The van der Waals surface area contributed by atoms with Crippen molar-refractivity contribution < 1.29 is 63.3 Å². The van der Waals surface area contributed by atoms with Crippen LogP contribution in [0.25, 0.3) is 0 Å². The van der Waals surface area contributed by atoms with Crippen LogP contribution in [0.3, 0.4) is 0 Å². The molecule has 0 aromatic carbocycles. The Kier molecular flexibility index (Phi) is 13.4. The van der Waals surface area contributed by atoms with Crippen LogP contribution in [0.15, 0.2) is 23.3 Å². The van der Waals surface area contributed by atoms with Gasteiger partial charge in [0, 0.05) is 53.4 Å². The highest BCUT2D eigenvalue weighted by Gasteiger charge is 2.69. The number of esters is 3. The summed E-state index contributed by atoms with van der Waals surface area (Å²) in [5, 5.41) is 44.1. The zero-order chi connectivity index (χ0) is 38.9. The molecule has 52 heavy (non-hydrogen) atoms. The second-order valence-corrected chi connectivity index (χ2v) is 17.3. The molecule has 14 atom stereocenters. The van der Waals surface area contributed by atoms with Gasteiger partial charge in [-0.2, -0.15) is 0 Å². The largest absolute Gasteiger partial charge is 0.565 e. The molecule has 2 bridgehead atoms. The summed E-state index contributed by atoms with van der Waals surface area (Å²) in [7, 11) is 3.74. The van der Waals surface area contributed by atoms with Crippen molar-refractivity contribution in [2.75, 3.05) is 6.61 Å². The molecule has 0 aromatic heterocycles. The predicted molar refractivity (Wildman–Crippen MR) is 197 cm³/mol. The van der Waals surface area contributed by atoms with Crippen molar-refractivity contribution in [1.82, 2.24) is 0 Å². The lowest BCUT2D eigenvalue weighted by Gasteiger charge is -2.63. The normalized spacial score (nSPS) is 36.4. The number of hydrogen-bond acceptors (Lipinski definition) is 12. The SMILES string of the molecule is CC(=O)OCCCC1CC(O)C2(C)C(P)C(OC(C)=O)C3=C(C)C(OC(=O)C(O)C(CC(=O)[OH2+])C4C=CCC4)CC(O)(C(OC(=O)[PH3+])C2C1)C3(C)C. The van der Waals surface area contributed by atoms with Crippen molar-refractivity contribution in [3.63, 3.8) is 0 Å². The molecule has 4 aliphatic carbocycles. The van der Waals surface area contributed by atoms with Crippen molar-refractivity contribution in [2.45, 2.75) is 135 Å². The van der Waals surface area contributed by atoms with E-state index in [1.807, 2.05) is 19.1 Å². The topological polar surface area (TPSA) is 206 Å². The number of aliphatic hydroxyl groups is 3. The van der Waals surface area contributed by atoms with E-state index >= 15 is 0 Å². The van der Waals surface area contributed by atoms with E-state index in [0.29, 0.717) is 49.7 Å². The summed E-state index contributed by atoms with van der Waals surface area (Å²) in [6.45, 7) is 9.91. The summed E-state index contributed by atoms with van der Waals surface area (Å²) in [6.07, 6.45) is 0.164. The van der Waals surface area contributed by atoms with Crippen LogP contribution in [0.1, 0.15) is 92.9 Å². The molecule has 5 N–H and O–H groups in total. The van der Waals surface area contributed by atoms with Gasteiger partial charge in [0.1, 0.15) is 30.3 Å². The number of allylic oxidation sites excluding steroid dienone is 2. The molecular formula is C37H58O13P2+2. The van der Waals surface area contributed by atoms with Crippen LogP contribution < -0.4 is 0 Å². The minimum Gasteiger partial charge on any atom is -0.565 e. The first kappa shape index (κ1) is 42.3. The predicted octanol–water partition coefficient (Wildman–Crippen LogP) is 3.00. The first-order chi connectivity index (χ1) is 24.2. The lowest BCUT2D eigenvalue weighted by Crippen LogP contribution is -2.71. The molecule has 0 aromatic rings. The lowest BCUT2D eigenvalue weighted by atomic mass is 9.47. The Morgan fingerprint density at radius 3 is 2.31 bits per heavy atom. The van der Waals surface area contributed by atoms with Gasteiger partial charge in [0.2, 0.25) is 0 Å². The van der Waals surface area contributed by atoms with Crippen LogP contribution >= 0.6 is 18.5 Å². The molecule has 2 saturated carbocycles. The Morgan fingerprint density at radius 2 is 1.75 bits per heavy atom. The van der Waals surface area contributed by atoms with Crippen LogP contribution in [0, 0.1) is 34.5 Å². The minimum absolute atomic E-state index is 0.106. The van der Waals surface area contributed by atoms with Crippen molar-refractivity contribution >= 4 is 48.1 Å². The van der Waals surface area contributed by atoms with Crippen LogP contribution in [0.5, 0.6) is 0 Å². The third-order valence-corrected chi connectivity index (χ3v) is 13.8. The summed E-state index contributed by atoms with van der Waals surface area (Å²) < 4.78 is 23.4.